The zero-order valence-corrected chi connectivity index (χ0v) is 13.4. The molecule has 0 saturated heterocycles. The van der Waals surface area contributed by atoms with Gasteiger partial charge in [0.1, 0.15) is 11.6 Å². The van der Waals surface area contributed by atoms with Crippen LogP contribution in [0.4, 0.5) is 11.6 Å². The van der Waals surface area contributed by atoms with Crippen LogP contribution >= 0.6 is 11.6 Å². The number of benzene rings is 1. The van der Waals surface area contributed by atoms with Crippen LogP contribution in [-0.2, 0) is 6.42 Å². The number of aromatic nitrogens is 2. The average Bonchev–Trinajstić information content (AvgIpc) is 2.47. The topological polar surface area (TPSA) is 32.3 Å². The van der Waals surface area contributed by atoms with Gasteiger partial charge in [-0.15, -0.1) is 0 Å². The number of anilines is 2. The van der Waals surface area contributed by atoms with Gasteiger partial charge in [0.05, 0.1) is 0 Å². The fraction of sp³-hybridized carbons (Fsp3) is 0.375. The van der Waals surface area contributed by atoms with E-state index in [0.717, 1.165) is 47.4 Å². The summed E-state index contributed by atoms with van der Waals surface area (Å²) in [4.78, 5) is 13.8. The molecular weight excluding hydrogens is 284 g/mol. The van der Waals surface area contributed by atoms with Crippen LogP contribution < -0.4 is 9.80 Å². The molecule has 0 aliphatic carbocycles. The van der Waals surface area contributed by atoms with Crippen molar-refractivity contribution in [2.45, 2.75) is 12.8 Å². The molecule has 110 valence electrons. The van der Waals surface area contributed by atoms with Crippen molar-refractivity contribution in [3.8, 4) is 11.4 Å². The molecule has 1 aromatic heterocycles. The number of hydrogen-bond acceptors (Lipinski definition) is 4. The van der Waals surface area contributed by atoms with Gasteiger partial charge in [-0.1, -0.05) is 11.6 Å². The van der Waals surface area contributed by atoms with E-state index in [2.05, 4.69) is 16.8 Å². The summed E-state index contributed by atoms with van der Waals surface area (Å²) in [5, 5.41) is 0.724. The van der Waals surface area contributed by atoms with E-state index >= 15 is 0 Å². The Kier molecular flexibility index (Phi) is 3.72. The van der Waals surface area contributed by atoms with Crippen LogP contribution in [-0.4, -0.2) is 37.7 Å². The largest absolute Gasteiger partial charge is 0.362 e. The van der Waals surface area contributed by atoms with E-state index < -0.39 is 0 Å². The molecule has 5 heteroatoms. The molecule has 1 aromatic carbocycles. The molecular formula is C16H19ClN4. The third kappa shape index (κ3) is 2.68. The molecule has 0 radical (unpaired) electrons. The Balaban J connectivity index is 2.16. The highest BCUT2D eigenvalue weighted by Gasteiger charge is 2.22. The Morgan fingerprint density at radius 1 is 1.14 bits per heavy atom. The van der Waals surface area contributed by atoms with Crippen LogP contribution in [0.15, 0.2) is 24.3 Å². The smallest absolute Gasteiger partial charge is 0.163 e. The van der Waals surface area contributed by atoms with E-state index in [-0.39, 0.29) is 0 Å². The summed E-state index contributed by atoms with van der Waals surface area (Å²) in [5.74, 6) is 2.81. The van der Waals surface area contributed by atoms with Crippen molar-refractivity contribution in [2.24, 2.45) is 0 Å². The first kappa shape index (κ1) is 14.1. The highest BCUT2D eigenvalue weighted by Crippen LogP contribution is 2.33. The molecule has 0 N–H and O–H groups in total. The first-order valence-corrected chi connectivity index (χ1v) is 7.49. The molecule has 3 rings (SSSR count). The van der Waals surface area contributed by atoms with Crippen LogP contribution in [0.2, 0.25) is 5.02 Å². The van der Waals surface area contributed by atoms with Gasteiger partial charge >= 0.3 is 0 Å². The molecule has 0 fully saturated rings. The zero-order chi connectivity index (χ0) is 15.0. The van der Waals surface area contributed by atoms with E-state index in [1.807, 2.05) is 38.4 Å². The molecule has 1 aliphatic rings. The number of rotatable bonds is 2. The summed E-state index contributed by atoms with van der Waals surface area (Å²) in [6.07, 6.45) is 2.18. The Hall–Kier alpha value is -1.81. The number of hydrogen-bond donors (Lipinski definition) is 0. The van der Waals surface area contributed by atoms with Crippen molar-refractivity contribution in [2.75, 3.05) is 37.5 Å². The predicted octanol–water partition coefficient (Wildman–Crippen LogP) is 3.25. The van der Waals surface area contributed by atoms with E-state index in [9.17, 15) is 0 Å². The van der Waals surface area contributed by atoms with Crippen molar-refractivity contribution >= 4 is 23.2 Å². The van der Waals surface area contributed by atoms with Gasteiger partial charge < -0.3 is 9.80 Å². The molecule has 0 atom stereocenters. The molecule has 2 heterocycles. The lowest BCUT2D eigenvalue weighted by Crippen LogP contribution is -2.28. The van der Waals surface area contributed by atoms with Crippen LogP contribution in [0.1, 0.15) is 12.0 Å². The van der Waals surface area contributed by atoms with Gasteiger partial charge in [-0.2, -0.15) is 0 Å². The molecule has 4 nitrogen and oxygen atoms in total. The monoisotopic (exact) mass is 302 g/mol. The lowest BCUT2D eigenvalue weighted by molar-refractivity contribution is 0.723. The molecule has 0 bridgehead atoms. The standard InChI is InChI=1S/C16H19ClN4/c1-20(2)15-13-5-4-10-21(3)16(13)19-14(18-15)11-6-8-12(17)9-7-11/h6-9H,4-5,10H2,1-3H3. The maximum Gasteiger partial charge on any atom is 0.163 e. The van der Waals surface area contributed by atoms with Gasteiger partial charge in [-0.05, 0) is 37.1 Å². The maximum absolute atomic E-state index is 5.96. The molecule has 21 heavy (non-hydrogen) atoms. The Morgan fingerprint density at radius 3 is 2.52 bits per heavy atom. The van der Waals surface area contributed by atoms with Crippen molar-refractivity contribution in [1.82, 2.24) is 9.97 Å². The third-order valence-corrected chi connectivity index (χ3v) is 4.02. The minimum Gasteiger partial charge on any atom is -0.362 e. The van der Waals surface area contributed by atoms with E-state index in [1.165, 1.54) is 5.56 Å². The number of fused-ring (bicyclic) bond motifs is 1. The summed E-state index contributed by atoms with van der Waals surface area (Å²) in [6.45, 7) is 1.04. The molecule has 0 spiro atoms. The van der Waals surface area contributed by atoms with Gasteiger partial charge in [0.15, 0.2) is 5.82 Å². The first-order chi connectivity index (χ1) is 10.1. The fourth-order valence-electron chi connectivity index (χ4n) is 2.70. The molecule has 0 amide bonds. The van der Waals surface area contributed by atoms with Crippen molar-refractivity contribution in [1.29, 1.82) is 0 Å². The highest BCUT2D eigenvalue weighted by atomic mass is 35.5. The van der Waals surface area contributed by atoms with E-state index in [1.54, 1.807) is 0 Å². The predicted molar refractivity (Wildman–Crippen MR) is 88.4 cm³/mol. The summed E-state index contributed by atoms with van der Waals surface area (Å²) in [6, 6.07) is 7.68. The second-order valence-corrected chi connectivity index (χ2v) is 6.04. The first-order valence-electron chi connectivity index (χ1n) is 7.11. The number of halogens is 1. The minimum atomic E-state index is 0.724. The lowest BCUT2D eigenvalue weighted by Gasteiger charge is -2.29. The van der Waals surface area contributed by atoms with Gasteiger partial charge in [-0.25, -0.2) is 9.97 Å². The van der Waals surface area contributed by atoms with Crippen LogP contribution in [0.3, 0.4) is 0 Å². The Morgan fingerprint density at radius 2 is 1.86 bits per heavy atom. The van der Waals surface area contributed by atoms with Crippen molar-refractivity contribution in [3.05, 3.63) is 34.9 Å². The SMILES string of the molecule is CN(C)c1nc(-c2ccc(Cl)cc2)nc2c1CCCN2C. The van der Waals surface area contributed by atoms with Crippen LogP contribution in [0.25, 0.3) is 11.4 Å². The second kappa shape index (κ2) is 5.53. The second-order valence-electron chi connectivity index (χ2n) is 5.60. The lowest BCUT2D eigenvalue weighted by atomic mass is 10.1. The van der Waals surface area contributed by atoms with Crippen LogP contribution in [0, 0.1) is 0 Å². The Labute approximate surface area is 130 Å². The molecule has 1 aliphatic heterocycles. The van der Waals surface area contributed by atoms with E-state index in [0.29, 0.717) is 0 Å². The van der Waals surface area contributed by atoms with Crippen molar-refractivity contribution < 1.29 is 0 Å². The van der Waals surface area contributed by atoms with Crippen LogP contribution in [0.5, 0.6) is 0 Å². The average molecular weight is 303 g/mol. The summed E-state index contributed by atoms with van der Waals surface area (Å²) in [5.41, 5.74) is 2.23. The summed E-state index contributed by atoms with van der Waals surface area (Å²) >= 11 is 5.96. The molecule has 2 aromatic rings. The minimum absolute atomic E-state index is 0.724. The van der Waals surface area contributed by atoms with Crippen molar-refractivity contribution in [3.63, 3.8) is 0 Å². The maximum atomic E-state index is 5.96. The van der Waals surface area contributed by atoms with E-state index in [4.69, 9.17) is 21.6 Å². The van der Waals surface area contributed by atoms with Gasteiger partial charge in [0.25, 0.3) is 0 Å². The zero-order valence-electron chi connectivity index (χ0n) is 12.6. The highest BCUT2D eigenvalue weighted by molar-refractivity contribution is 6.30. The normalized spacial score (nSPS) is 14.0. The molecule has 0 unspecified atom stereocenters. The van der Waals surface area contributed by atoms with Gasteiger partial charge in [0, 0.05) is 43.8 Å². The summed E-state index contributed by atoms with van der Waals surface area (Å²) in [7, 11) is 6.15. The summed E-state index contributed by atoms with van der Waals surface area (Å²) < 4.78 is 0. The number of nitrogens with zero attached hydrogens (tertiary/aromatic N) is 4. The van der Waals surface area contributed by atoms with Gasteiger partial charge in [-0.3, -0.25) is 0 Å². The third-order valence-electron chi connectivity index (χ3n) is 3.77. The Bertz CT molecular complexity index is 635. The quantitative estimate of drug-likeness (QED) is 0.852. The molecule has 0 saturated carbocycles. The fourth-order valence-corrected chi connectivity index (χ4v) is 2.82. The van der Waals surface area contributed by atoms with Gasteiger partial charge in [0.2, 0.25) is 0 Å².